The van der Waals surface area contributed by atoms with E-state index in [1.54, 1.807) is 6.92 Å². The van der Waals surface area contributed by atoms with Crippen LogP contribution in [0.2, 0.25) is 0 Å². The lowest BCUT2D eigenvalue weighted by Crippen LogP contribution is -2.12. The van der Waals surface area contributed by atoms with Gasteiger partial charge >= 0.3 is 0 Å². The second-order valence-corrected chi connectivity index (χ2v) is 4.96. The number of hydrogen-bond acceptors (Lipinski definition) is 1. The van der Waals surface area contributed by atoms with E-state index in [1.165, 1.54) is 12.1 Å². The molecule has 1 aliphatic carbocycles. The predicted molar refractivity (Wildman–Crippen MR) is 62.9 cm³/mol. The minimum absolute atomic E-state index is 0.172. The maximum absolute atomic E-state index is 14.0. The molecule has 1 N–H and O–H groups in total. The minimum Gasteiger partial charge on any atom is -0.393 e. The maximum Gasteiger partial charge on any atom is 0.132 e. The van der Waals surface area contributed by atoms with Crippen LogP contribution in [0.25, 0.3) is 0 Å². The van der Waals surface area contributed by atoms with Crippen molar-refractivity contribution in [2.45, 2.75) is 51.0 Å². The van der Waals surface area contributed by atoms with Crippen LogP contribution < -0.4 is 0 Å². The van der Waals surface area contributed by atoms with E-state index in [0.717, 1.165) is 25.7 Å². The summed E-state index contributed by atoms with van der Waals surface area (Å²) in [6.07, 6.45) is 3.40. The minimum atomic E-state index is -0.479. The van der Waals surface area contributed by atoms with E-state index in [2.05, 4.69) is 0 Å². The first-order valence-corrected chi connectivity index (χ1v) is 6.22. The third-order valence-electron chi connectivity index (χ3n) is 3.62. The van der Waals surface area contributed by atoms with Gasteiger partial charge in [0.15, 0.2) is 0 Å². The van der Waals surface area contributed by atoms with Gasteiger partial charge in [-0.2, -0.15) is 0 Å². The van der Waals surface area contributed by atoms with Gasteiger partial charge in [0, 0.05) is 5.56 Å². The summed E-state index contributed by atoms with van der Waals surface area (Å²) in [7, 11) is 0. The zero-order valence-electron chi connectivity index (χ0n) is 10.0. The van der Waals surface area contributed by atoms with Crippen LogP contribution in [-0.4, -0.2) is 11.2 Å². The Kier molecular flexibility index (Phi) is 3.77. The normalized spacial score (nSPS) is 25.6. The molecule has 3 heteroatoms. The summed E-state index contributed by atoms with van der Waals surface area (Å²) in [5.41, 5.74) is 0.645. The van der Waals surface area contributed by atoms with Crippen molar-refractivity contribution in [1.82, 2.24) is 0 Å². The second-order valence-electron chi connectivity index (χ2n) is 4.96. The number of aryl methyl sites for hydroxylation is 1. The van der Waals surface area contributed by atoms with Gasteiger partial charge in [0.1, 0.15) is 11.6 Å². The molecule has 1 aromatic rings. The third kappa shape index (κ3) is 2.65. The number of benzene rings is 1. The molecule has 1 saturated carbocycles. The summed E-state index contributed by atoms with van der Waals surface area (Å²) in [5, 5.41) is 9.73. The Morgan fingerprint density at radius 2 is 1.88 bits per heavy atom. The van der Waals surface area contributed by atoms with E-state index in [1.807, 2.05) is 0 Å². The Morgan fingerprint density at radius 3 is 2.65 bits per heavy atom. The summed E-state index contributed by atoms with van der Waals surface area (Å²) in [6, 6.07) is 2.78. The SMILES string of the molecule is Cc1ccc(F)c(C2CCCCC(O)C2)c1F. The highest BCUT2D eigenvalue weighted by Gasteiger charge is 2.25. The van der Waals surface area contributed by atoms with Gasteiger partial charge in [0.25, 0.3) is 0 Å². The van der Waals surface area contributed by atoms with Gasteiger partial charge in [-0.1, -0.05) is 18.9 Å². The molecule has 0 saturated heterocycles. The summed E-state index contributed by atoms with van der Waals surface area (Å²) < 4.78 is 27.7. The monoisotopic (exact) mass is 240 g/mol. The Morgan fingerprint density at radius 1 is 1.18 bits per heavy atom. The lowest BCUT2D eigenvalue weighted by atomic mass is 9.89. The molecule has 1 aliphatic rings. The largest absolute Gasteiger partial charge is 0.393 e. The topological polar surface area (TPSA) is 20.2 Å². The van der Waals surface area contributed by atoms with Crippen molar-refractivity contribution in [2.75, 3.05) is 0 Å². The number of aliphatic hydroxyl groups is 1. The van der Waals surface area contributed by atoms with Crippen molar-refractivity contribution in [3.63, 3.8) is 0 Å². The van der Waals surface area contributed by atoms with E-state index in [-0.39, 0.29) is 11.5 Å². The first kappa shape index (κ1) is 12.5. The number of halogens is 2. The third-order valence-corrected chi connectivity index (χ3v) is 3.62. The van der Waals surface area contributed by atoms with Crippen LogP contribution in [0.3, 0.4) is 0 Å². The Balaban J connectivity index is 2.34. The fourth-order valence-corrected chi connectivity index (χ4v) is 2.65. The van der Waals surface area contributed by atoms with Gasteiger partial charge in [-0.3, -0.25) is 0 Å². The molecule has 17 heavy (non-hydrogen) atoms. The van der Waals surface area contributed by atoms with Crippen molar-refractivity contribution in [1.29, 1.82) is 0 Å². The first-order valence-electron chi connectivity index (χ1n) is 6.22. The van der Waals surface area contributed by atoms with Crippen molar-refractivity contribution < 1.29 is 13.9 Å². The first-order chi connectivity index (χ1) is 8.09. The molecule has 2 rings (SSSR count). The summed E-state index contributed by atoms with van der Waals surface area (Å²) in [6.45, 7) is 1.64. The van der Waals surface area contributed by atoms with E-state index < -0.39 is 17.7 Å². The average molecular weight is 240 g/mol. The lowest BCUT2D eigenvalue weighted by Gasteiger charge is -2.19. The van der Waals surface area contributed by atoms with Crippen molar-refractivity contribution in [3.8, 4) is 0 Å². The van der Waals surface area contributed by atoms with Gasteiger partial charge in [-0.05, 0) is 43.7 Å². The average Bonchev–Trinajstić information content (AvgIpc) is 2.49. The van der Waals surface area contributed by atoms with Gasteiger partial charge < -0.3 is 5.11 Å². The molecule has 1 fully saturated rings. The molecule has 0 heterocycles. The number of aliphatic hydroxyl groups excluding tert-OH is 1. The van der Waals surface area contributed by atoms with Crippen molar-refractivity contribution >= 4 is 0 Å². The van der Waals surface area contributed by atoms with Gasteiger partial charge in [-0.25, -0.2) is 8.78 Å². The highest BCUT2D eigenvalue weighted by Crippen LogP contribution is 2.35. The molecule has 0 aliphatic heterocycles. The number of hydrogen-bond donors (Lipinski definition) is 1. The van der Waals surface area contributed by atoms with E-state index in [4.69, 9.17) is 0 Å². The van der Waals surface area contributed by atoms with E-state index >= 15 is 0 Å². The molecular formula is C14H18F2O. The predicted octanol–water partition coefficient (Wildman–Crippen LogP) is 3.68. The molecule has 0 bridgehead atoms. The molecule has 0 radical (unpaired) electrons. The fraction of sp³-hybridized carbons (Fsp3) is 0.571. The van der Waals surface area contributed by atoms with Crippen LogP contribution in [0.1, 0.15) is 49.1 Å². The molecule has 94 valence electrons. The van der Waals surface area contributed by atoms with Crippen LogP contribution in [0.5, 0.6) is 0 Å². The highest BCUT2D eigenvalue weighted by atomic mass is 19.1. The van der Waals surface area contributed by atoms with Crippen LogP contribution in [0.15, 0.2) is 12.1 Å². The standard InChI is InChI=1S/C14H18F2O/c1-9-6-7-12(15)13(14(9)16)10-4-2-3-5-11(17)8-10/h6-7,10-11,17H,2-5,8H2,1H3. The molecule has 2 unspecified atom stereocenters. The highest BCUT2D eigenvalue weighted by molar-refractivity contribution is 5.29. The van der Waals surface area contributed by atoms with Crippen LogP contribution >= 0.6 is 0 Å². The summed E-state index contributed by atoms with van der Waals surface area (Å²) in [5.74, 6) is -1.11. The lowest BCUT2D eigenvalue weighted by molar-refractivity contribution is 0.151. The molecule has 0 amide bonds. The smallest absolute Gasteiger partial charge is 0.132 e. The summed E-state index contributed by atoms with van der Waals surface area (Å²) >= 11 is 0. The van der Waals surface area contributed by atoms with Crippen molar-refractivity contribution in [2.24, 2.45) is 0 Å². The van der Waals surface area contributed by atoms with Crippen molar-refractivity contribution in [3.05, 3.63) is 34.9 Å². The Labute approximate surface area is 100 Å². The zero-order valence-corrected chi connectivity index (χ0v) is 10.0. The van der Waals surface area contributed by atoms with Gasteiger partial charge in [0.2, 0.25) is 0 Å². The van der Waals surface area contributed by atoms with Crippen LogP contribution in [0, 0.1) is 18.6 Å². The summed E-state index contributed by atoms with van der Waals surface area (Å²) in [4.78, 5) is 0. The zero-order chi connectivity index (χ0) is 12.4. The molecule has 1 aromatic carbocycles. The van der Waals surface area contributed by atoms with Gasteiger partial charge in [-0.15, -0.1) is 0 Å². The van der Waals surface area contributed by atoms with E-state index in [9.17, 15) is 13.9 Å². The quantitative estimate of drug-likeness (QED) is 0.742. The molecule has 0 spiro atoms. The fourth-order valence-electron chi connectivity index (χ4n) is 2.65. The Hall–Kier alpha value is -0.960. The molecule has 2 atom stereocenters. The second kappa shape index (κ2) is 5.13. The Bertz CT molecular complexity index is 403. The van der Waals surface area contributed by atoms with Gasteiger partial charge in [0.05, 0.1) is 6.10 Å². The van der Waals surface area contributed by atoms with Crippen LogP contribution in [0.4, 0.5) is 8.78 Å². The molecular weight excluding hydrogens is 222 g/mol. The van der Waals surface area contributed by atoms with E-state index in [0.29, 0.717) is 12.0 Å². The number of rotatable bonds is 1. The molecule has 0 aromatic heterocycles. The van der Waals surface area contributed by atoms with Crippen LogP contribution in [-0.2, 0) is 0 Å². The maximum atomic E-state index is 14.0. The molecule has 1 nitrogen and oxygen atoms in total.